The summed E-state index contributed by atoms with van der Waals surface area (Å²) in [5.41, 5.74) is 8.02. The van der Waals surface area contributed by atoms with Crippen molar-refractivity contribution >= 4 is 36.6 Å². The standard InChI is InChI=1S/C16H21BO3.C12H18BNO2/c1-6-14(18)11-12-8-7-9-13(10-12)17-19-15(2,3)16(4,5)20-17;1-11(2)12(3,4)16-13(15-11)9-6-5-7-10(14)8-9/h6-10H,1,11H2,2-5H3;5-8H,14H2,1-4H3. The molecule has 0 aliphatic carbocycles. The van der Waals surface area contributed by atoms with Crippen LogP contribution in [-0.2, 0) is 29.8 Å². The highest BCUT2D eigenvalue weighted by atomic mass is 16.7. The Morgan fingerprint density at radius 1 is 0.778 bits per heavy atom. The van der Waals surface area contributed by atoms with Crippen molar-refractivity contribution in [2.45, 2.75) is 84.2 Å². The van der Waals surface area contributed by atoms with Crippen molar-refractivity contribution in [3.05, 3.63) is 66.7 Å². The Balaban J connectivity index is 0.000000205. The van der Waals surface area contributed by atoms with Crippen LogP contribution in [0.4, 0.5) is 5.69 Å². The van der Waals surface area contributed by atoms with Gasteiger partial charge in [0.2, 0.25) is 0 Å². The molecule has 2 fully saturated rings. The first-order chi connectivity index (χ1) is 16.6. The fourth-order valence-corrected chi connectivity index (χ4v) is 3.79. The van der Waals surface area contributed by atoms with Gasteiger partial charge in [-0.15, -0.1) is 0 Å². The zero-order chi connectivity index (χ0) is 26.9. The summed E-state index contributed by atoms with van der Waals surface area (Å²) in [6.45, 7) is 19.8. The van der Waals surface area contributed by atoms with Crippen molar-refractivity contribution in [3.63, 3.8) is 0 Å². The maximum atomic E-state index is 11.4. The summed E-state index contributed by atoms with van der Waals surface area (Å²) in [4.78, 5) is 11.4. The Labute approximate surface area is 216 Å². The average molecular weight is 491 g/mol. The molecular weight excluding hydrogens is 452 g/mol. The van der Waals surface area contributed by atoms with Crippen LogP contribution in [-0.4, -0.2) is 42.4 Å². The van der Waals surface area contributed by atoms with Crippen molar-refractivity contribution in [3.8, 4) is 0 Å². The predicted molar refractivity (Wildman–Crippen MR) is 148 cm³/mol. The van der Waals surface area contributed by atoms with E-state index in [1.54, 1.807) is 0 Å². The van der Waals surface area contributed by atoms with E-state index in [9.17, 15) is 4.79 Å². The van der Waals surface area contributed by atoms with Crippen LogP contribution in [0, 0.1) is 0 Å². The first-order valence-corrected chi connectivity index (χ1v) is 12.4. The van der Waals surface area contributed by atoms with Crippen molar-refractivity contribution < 1.29 is 23.4 Å². The van der Waals surface area contributed by atoms with Crippen LogP contribution in [0.15, 0.2) is 61.2 Å². The number of nitrogens with two attached hydrogens (primary N) is 1. The van der Waals surface area contributed by atoms with Gasteiger partial charge in [0.05, 0.1) is 22.4 Å². The van der Waals surface area contributed by atoms with Crippen LogP contribution in [0.1, 0.15) is 61.0 Å². The lowest BCUT2D eigenvalue weighted by Gasteiger charge is -2.32. The number of ketones is 1. The second kappa shape index (κ2) is 10.2. The van der Waals surface area contributed by atoms with Gasteiger partial charge in [0, 0.05) is 12.1 Å². The zero-order valence-corrected chi connectivity index (χ0v) is 22.9. The van der Waals surface area contributed by atoms with Gasteiger partial charge in [0.25, 0.3) is 0 Å². The first-order valence-electron chi connectivity index (χ1n) is 12.4. The maximum absolute atomic E-state index is 11.4. The van der Waals surface area contributed by atoms with Crippen molar-refractivity contribution in [2.24, 2.45) is 0 Å². The van der Waals surface area contributed by atoms with Gasteiger partial charge in [-0.3, -0.25) is 4.79 Å². The normalized spacial score (nSPS) is 21.0. The Bertz CT molecular complexity index is 1080. The smallest absolute Gasteiger partial charge is 0.399 e. The second-order valence-electron chi connectivity index (χ2n) is 11.4. The molecule has 2 aliphatic rings. The lowest BCUT2D eigenvalue weighted by molar-refractivity contribution is -0.114. The molecule has 0 saturated carbocycles. The minimum Gasteiger partial charge on any atom is -0.399 e. The molecule has 2 aromatic carbocycles. The Morgan fingerprint density at radius 2 is 1.19 bits per heavy atom. The van der Waals surface area contributed by atoms with Crippen molar-refractivity contribution in [2.75, 3.05) is 5.73 Å². The minimum atomic E-state index is -0.390. The molecule has 2 saturated heterocycles. The van der Waals surface area contributed by atoms with E-state index in [4.69, 9.17) is 24.4 Å². The van der Waals surface area contributed by atoms with E-state index >= 15 is 0 Å². The molecule has 0 aromatic heterocycles. The third-order valence-corrected chi connectivity index (χ3v) is 7.52. The summed E-state index contributed by atoms with van der Waals surface area (Å²) < 4.78 is 23.9. The second-order valence-corrected chi connectivity index (χ2v) is 11.4. The largest absolute Gasteiger partial charge is 0.494 e. The Hall–Kier alpha value is -2.38. The summed E-state index contributed by atoms with van der Waals surface area (Å²) in [5, 5.41) is 0. The summed E-state index contributed by atoms with van der Waals surface area (Å²) in [7, 11) is -0.715. The molecule has 2 heterocycles. The summed E-state index contributed by atoms with van der Waals surface area (Å²) >= 11 is 0. The lowest BCUT2D eigenvalue weighted by Crippen LogP contribution is -2.41. The lowest BCUT2D eigenvalue weighted by atomic mass is 9.78. The van der Waals surface area contributed by atoms with Gasteiger partial charge in [-0.1, -0.05) is 43.0 Å². The molecule has 2 N–H and O–H groups in total. The molecule has 2 aromatic rings. The number of hydrogen-bond acceptors (Lipinski definition) is 6. The van der Waals surface area contributed by atoms with Gasteiger partial charge in [-0.2, -0.15) is 0 Å². The number of anilines is 1. The molecule has 8 heteroatoms. The Kier molecular flexibility index (Phi) is 7.97. The highest BCUT2D eigenvalue weighted by Gasteiger charge is 2.52. The summed E-state index contributed by atoms with van der Waals surface area (Å²) in [6, 6.07) is 15.4. The van der Waals surface area contributed by atoms with Crippen LogP contribution in [0.3, 0.4) is 0 Å². The molecule has 192 valence electrons. The number of carbonyl (C=O) groups is 1. The van der Waals surface area contributed by atoms with E-state index in [0.29, 0.717) is 6.42 Å². The SMILES string of the molecule is C=CC(=O)Cc1cccc(B2OC(C)(C)C(C)(C)O2)c1.CC1(C)OB(c2cccc(N)c2)OC1(C)C. The maximum Gasteiger partial charge on any atom is 0.494 e. The highest BCUT2D eigenvalue weighted by Crippen LogP contribution is 2.37. The number of nitrogen functional groups attached to an aromatic ring is 1. The molecule has 36 heavy (non-hydrogen) atoms. The number of carbonyl (C=O) groups excluding carboxylic acids is 1. The van der Waals surface area contributed by atoms with Gasteiger partial charge in [-0.05, 0) is 90.1 Å². The molecule has 6 nitrogen and oxygen atoms in total. The zero-order valence-electron chi connectivity index (χ0n) is 22.9. The molecular formula is C28H39B2NO5. The molecule has 0 radical (unpaired) electrons. The Morgan fingerprint density at radius 3 is 1.61 bits per heavy atom. The van der Waals surface area contributed by atoms with Crippen LogP contribution in [0.2, 0.25) is 0 Å². The molecule has 0 amide bonds. The van der Waals surface area contributed by atoms with Crippen LogP contribution >= 0.6 is 0 Å². The third-order valence-electron chi connectivity index (χ3n) is 7.52. The van der Waals surface area contributed by atoms with Crippen LogP contribution in [0.5, 0.6) is 0 Å². The molecule has 0 spiro atoms. The molecule has 0 bridgehead atoms. The fourth-order valence-electron chi connectivity index (χ4n) is 3.79. The van der Waals surface area contributed by atoms with Crippen LogP contribution in [0.25, 0.3) is 0 Å². The van der Waals surface area contributed by atoms with Crippen LogP contribution < -0.4 is 16.7 Å². The average Bonchev–Trinajstić information content (AvgIpc) is 3.14. The van der Waals surface area contributed by atoms with Gasteiger partial charge < -0.3 is 24.4 Å². The summed E-state index contributed by atoms with van der Waals surface area (Å²) in [5.74, 6) is 0.0102. The topological polar surface area (TPSA) is 80.0 Å². The first kappa shape index (κ1) is 28.2. The van der Waals surface area contributed by atoms with Gasteiger partial charge >= 0.3 is 14.2 Å². The molecule has 4 rings (SSSR count). The van der Waals surface area contributed by atoms with Crippen molar-refractivity contribution in [1.29, 1.82) is 0 Å². The van der Waals surface area contributed by atoms with Gasteiger partial charge in [0.15, 0.2) is 5.78 Å². The fraction of sp³-hybridized carbons (Fsp3) is 0.464. The number of rotatable bonds is 5. The van der Waals surface area contributed by atoms with Crippen molar-refractivity contribution in [1.82, 2.24) is 0 Å². The molecule has 0 atom stereocenters. The van der Waals surface area contributed by atoms with E-state index in [1.807, 2.05) is 104 Å². The quantitative estimate of drug-likeness (QED) is 0.389. The monoisotopic (exact) mass is 491 g/mol. The molecule has 2 aliphatic heterocycles. The van der Waals surface area contributed by atoms with Gasteiger partial charge in [0.1, 0.15) is 0 Å². The number of hydrogen-bond donors (Lipinski definition) is 1. The predicted octanol–water partition coefficient (Wildman–Crippen LogP) is 3.85. The van der Waals surface area contributed by atoms with E-state index < -0.39 is 7.12 Å². The number of allylic oxidation sites excluding steroid dienone is 1. The highest BCUT2D eigenvalue weighted by molar-refractivity contribution is 6.62. The summed E-state index contributed by atoms with van der Waals surface area (Å²) in [6.07, 6.45) is 1.71. The van der Waals surface area contributed by atoms with E-state index in [1.165, 1.54) is 6.08 Å². The number of benzene rings is 2. The minimum absolute atomic E-state index is 0.0102. The molecule has 0 unspecified atom stereocenters. The van der Waals surface area contributed by atoms with E-state index in [0.717, 1.165) is 22.2 Å². The third kappa shape index (κ3) is 6.12. The van der Waals surface area contributed by atoms with E-state index in [2.05, 4.69) is 6.58 Å². The van der Waals surface area contributed by atoms with E-state index in [-0.39, 0.29) is 35.3 Å². The van der Waals surface area contributed by atoms with Gasteiger partial charge in [-0.25, -0.2) is 0 Å².